The Hall–Kier alpha value is -1.39. The van der Waals surface area contributed by atoms with E-state index in [2.05, 4.69) is 0 Å². The van der Waals surface area contributed by atoms with Gasteiger partial charge in [-0.3, -0.25) is 9.59 Å². The van der Waals surface area contributed by atoms with E-state index in [9.17, 15) is 14.4 Å². The van der Waals surface area contributed by atoms with Gasteiger partial charge in [-0.2, -0.15) is 0 Å². The molecular formula is C8H11NO4. The lowest BCUT2D eigenvalue weighted by Gasteiger charge is -2.21. The fraction of sp³-hybridized carbons (Fsp3) is 0.625. The van der Waals surface area contributed by atoms with Crippen LogP contribution >= 0.6 is 0 Å². The third-order valence-electron chi connectivity index (χ3n) is 2.13. The van der Waals surface area contributed by atoms with Crippen LogP contribution < -0.4 is 0 Å². The van der Waals surface area contributed by atoms with Crippen molar-refractivity contribution in [2.75, 3.05) is 6.54 Å². The summed E-state index contributed by atoms with van der Waals surface area (Å²) in [5, 5.41) is 8.73. The van der Waals surface area contributed by atoms with Crippen LogP contribution in [0.2, 0.25) is 0 Å². The number of hydrogen-bond acceptors (Lipinski definition) is 3. The molecule has 1 aliphatic heterocycles. The van der Waals surface area contributed by atoms with Crippen LogP contribution in [0.5, 0.6) is 0 Å². The molecule has 1 rings (SSSR count). The molecule has 1 amide bonds. The first-order valence-electron chi connectivity index (χ1n) is 4.14. The second-order valence-corrected chi connectivity index (χ2v) is 2.93. The fourth-order valence-corrected chi connectivity index (χ4v) is 1.42. The molecular weight excluding hydrogens is 174 g/mol. The lowest BCUT2D eigenvalue weighted by molar-refractivity contribution is -0.150. The van der Waals surface area contributed by atoms with Crippen molar-refractivity contribution in [1.29, 1.82) is 0 Å². The van der Waals surface area contributed by atoms with Gasteiger partial charge in [0, 0.05) is 13.0 Å². The summed E-state index contributed by atoms with van der Waals surface area (Å²) in [6.45, 7) is 1.91. The molecule has 0 aromatic carbocycles. The van der Waals surface area contributed by atoms with Crippen LogP contribution in [0.15, 0.2) is 0 Å². The first-order valence-corrected chi connectivity index (χ1v) is 4.14. The first-order chi connectivity index (χ1) is 6.07. The van der Waals surface area contributed by atoms with Crippen molar-refractivity contribution in [3.05, 3.63) is 0 Å². The van der Waals surface area contributed by atoms with E-state index in [-0.39, 0.29) is 13.0 Å². The number of nitrogens with zero attached hydrogens (tertiary/aromatic N) is 1. The fourth-order valence-electron chi connectivity index (χ4n) is 1.42. The lowest BCUT2D eigenvalue weighted by atomic mass is 10.2. The van der Waals surface area contributed by atoms with E-state index < -0.39 is 23.7 Å². The quantitative estimate of drug-likeness (QED) is 0.610. The van der Waals surface area contributed by atoms with E-state index in [1.54, 1.807) is 6.92 Å². The molecule has 0 radical (unpaired) electrons. The van der Waals surface area contributed by atoms with Gasteiger partial charge in [0.05, 0.1) is 0 Å². The molecule has 0 saturated carbocycles. The van der Waals surface area contributed by atoms with E-state index in [4.69, 9.17) is 5.11 Å². The van der Waals surface area contributed by atoms with Gasteiger partial charge in [-0.15, -0.1) is 0 Å². The normalized spacial score (nSPS) is 19.3. The highest BCUT2D eigenvalue weighted by atomic mass is 16.4. The highest BCUT2D eigenvalue weighted by Crippen LogP contribution is 2.13. The van der Waals surface area contributed by atoms with E-state index in [0.29, 0.717) is 6.42 Å². The molecule has 5 heteroatoms. The summed E-state index contributed by atoms with van der Waals surface area (Å²) in [6, 6.07) is -0.848. The summed E-state index contributed by atoms with van der Waals surface area (Å²) in [5.41, 5.74) is 0. The van der Waals surface area contributed by atoms with Crippen LogP contribution in [0.1, 0.15) is 19.8 Å². The third kappa shape index (κ3) is 1.68. The highest BCUT2D eigenvalue weighted by molar-refractivity contribution is 6.38. The number of rotatable bonds is 3. The standard InChI is InChI=1S/C8H11NO4/c1-2-5(8(12)13)9-4-3-6(10)7(9)11/h5H,2-4H2,1H3,(H,12,13). The minimum absolute atomic E-state index is 0.141. The number of amides is 1. The van der Waals surface area contributed by atoms with Crippen LogP contribution in [0, 0.1) is 0 Å². The Balaban J connectivity index is 2.76. The maximum absolute atomic E-state index is 11.1. The molecule has 5 nitrogen and oxygen atoms in total. The third-order valence-corrected chi connectivity index (χ3v) is 2.13. The average molecular weight is 185 g/mol. The SMILES string of the molecule is CCC(C(=O)O)N1CCC(=O)C1=O. The Morgan fingerprint density at radius 1 is 1.62 bits per heavy atom. The summed E-state index contributed by atoms with van der Waals surface area (Å²) in [4.78, 5) is 33.8. The number of aliphatic carboxylic acids is 1. The van der Waals surface area contributed by atoms with Gasteiger partial charge in [0.25, 0.3) is 5.91 Å². The molecule has 0 aromatic heterocycles. The van der Waals surface area contributed by atoms with Crippen molar-refractivity contribution in [2.24, 2.45) is 0 Å². The molecule has 1 heterocycles. The summed E-state index contributed by atoms with van der Waals surface area (Å²) in [7, 11) is 0. The smallest absolute Gasteiger partial charge is 0.326 e. The summed E-state index contributed by atoms with van der Waals surface area (Å²) in [6.07, 6.45) is 0.469. The highest BCUT2D eigenvalue weighted by Gasteiger charge is 2.36. The molecule has 0 aromatic rings. The molecule has 1 unspecified atom stereocenters. The van der Waals surface area contributed by atoms with Crippen LogP contribution in [-0.2, 0) is 14.4 Å². The number of ketones is 1. The molecule has 1 saturated heterocycles. The number of Topliss-reactive ketones (excluding diaryl/α,β-unsaturated/α-hetero) is 1. The zero-order valence-corrected chi connectivity index (χ0v) is 7.32. The second-order valence-electron chi connectivity index (χ2n) is 2.93. The van der Waals surface area contributed by atoms with Gasteiger partial charge in [-0.25, -0.2) is 4.79 Å². The van der Waals surface area contributed by atoms with Crippen LogP contribution in [0.3, 0.4) is 0 Å². The zero-order chi connectivity index (χ0) is 10.0. The van der Waals surface area contributed by atoms with E-state index >= 15 is 0 Å². The van der Waals surface area contributed by atoms with Gasteiger partial charge >= 0.3 is 5.97 Å². The monoisotopic (exact) mass is 185 g/mol. The largest absolute Gasteiger partial charge is 0.480 e. The second kappa shape index (κ2) is 3.55. The van der Waals surface area contributed by atoms with Crippen molar-refractivity contribution in [1.82, 2.24) is 4.90 Å². The Kier molecular flexibility index (Phi) is 2.65. The van der Waals surface area contributed by atoms with Crippen LogP contribution in [0.4, 0.5) is 0 Å². The predicted molar refractivity (Wildman–Crippen MR) is 43.1 cm³/mol. The van der Waals surface area contributed by atoms with E-state index in [1.807, 2.05) is 0 Å². The molecule has 0 spiro atoms. The molecule has 0 bridgehead atoms. The number of carbonyl (C=O) groups is 3. The van der Waals surface area contributed by atoms with Gasteiger partial charge in [0.15, 0.2) is 0 Å². The van der Waals surface area contributed by atoms with Gasteiger partial charge in [0.1, 0.15) is 6.04 Å². The van der Waals surface area contributed by atoms with Gasteiger partial charge < -0.3 is 10.0 Å². The van der Waals surface area contributed by atoms with E-state index in [0.717, 1.165) is 4.90 Å². The summed E-state index contributed by atoms with van der Waals surface area (Å²) >= 11 is 0. The topological polar surface area (TPSA) is 74.7 Å². The Bertz CT molecular complexity index is 261. The Morgan fingerprint density at radius 3 is 2.54 bits per heavy atom. The Morgan fingerprint density at radius 2 is 2.23 bits per heavy atom. The van der Waals surface area contributed by atoms with Crippen molar-refractivity contribution >= 4 is 17.7 Å². The minimum atomic E-state index is -1.05. The maximum Gasteiger partial charge on any atom is 0.326 e. The van der Waals surface area contributed by atoms with Crippen molar-refractivity contribution in [3.8, 4) is 0 Å². The minimum Gasteiger partial charge on any atom is -0.480 e. The molecule has 1 fully saturated rings. The number of hydrogen-bond donors (Lipinski definition) is 1. The van der Waals surface area contributed by atoms with Gasteiger partial charge in [0.2, 0.25) is 5.78 Å². The average Bonchev–Trinajstić information content (AvgIpc) is 2.37. The molecule has 72 valence electrons. The summed E-state index contributed by atoms with van der Waals surface area (Å²) < 4.78 is 0. The molecule has 1 aliphatic rings. The summed E-state index contributed by atoms with van der Waals surface area (Å²) in [5.74, 6) is -2.19. The Labute approximate surface area is 75.3 Å². The van der Waals surface area contributed by atoms with Crippen molar-refractivity contribution in [2.45, 2.75) is 25.8 Å². The maximum atomic E-state index is 11.1. The zero-order valence-electron chi connectivity index (χ0n) is 7.32. The van der Waals surface area contributed by atoms with Gasteiger partial charge in [-0.1, -0.05) is 6.92 Å². The number of likely N-dealkylation sites (tertiary alicyclic amines) is 1. The van der Waals surface area contributed by atoms with Gasteiger partial charge in [-0.05, 0) is 6.42 Å². The molecule has 0 aliphatic carbocycles. The van der Waals surface area contributed by atoms with Crippen LogP contribution in [0.25, 0.3) is 0 Å². The molecule has 1 atom stereocenters. The van der Waals surface area contributed by atoms with Crippen molar-refractivity contribution in [3.63, 3.8) is 0 Å². The number of carboxylic acid groups (broad SMARTS) is 1. The van der Waals surface area contributed by atoms with Crippen molar-refractivity contribution < 1.29 is 19.5 Å². The first kappa shape index (κ1) is 9.70. The van der Waals surface area contributed by atoms with Crippen LogP contribution in [-0.4, -0.2) is 40.3 Å². The van der Waals surface area contributed by atoms with E-state index in [1.165, 1.54) is 0 Å². The lowest BCUT2D eigenvalue weighted by Crippen LogP contribution is -2.42. The number of carbonyl (C=O) groups excluding carboxylic acids is 2. The predicted octanol–water partition coefficient (Wildman–Crippen LogP) is -0.349. The number of carboxylic acids is 1. The molecule has 13 heavy (non-hydrogen) atoms. The molecule has 1 N–H and O–H groups in total.